The number of carbonyl (C=O) groups is 3. The van der Waals surface area contributed by atoms with Gasteiger partial charge in [-0.3, -0.25) is 14.4 Å². The van der Waals surface area contributed by atoms with E-state index in [-0.39, 0.29) is 17.7 Å². The highest BCUT2D eigenvalue weighted by Gasteiger charge is 2.36. The number of hydrogen-bond acceptors (Lipinski definition) is 4. The zero-order chi connectivity index (χ0) is 18.3. The summed E-state index contributed by atoms with van der Waals surface area (Å²) in [5, 5.41) is 4.61. The number of amides is 3. The number of benzene rings is 2. The van der Waals surface area contributed by atoms with Crippen LogP contribution in [0.3, 0.4) is 0 Å². The van der Waals surface area contributed by atoms with E-state index in [4.69, 9.17) is 0 Å². The maximum atomic E-state index is 12.6. The molecule has 4 rings (SSSR count). The Morgan fingerprint density at radius 1 is 0.962 bits per heavy atom. The summed E-state index contributed by atoms with van der Waals surface area (Å²) in [5.74, 6) is -0.989. The molecule has 0 radical (unpaired) electrons. The molecule has 1 aliphatic rings. The monoisotopic (exact) mass is 426 g/mol. The molecular formula is C19H11BrN2O3S. The highest BCUT2D eigenvalue weighted by Crippen LogP contribution is 2.30. The van der Waals surface area contributed by atoms with Gasteiger partial charge in [0.1, 0.15) is 4.88 Å². The van der Waals surface area contributed by atoms with E-state index >= 15 is 0 Å². The van der Waals surface area contributed by atoms with Gasteiger partial charge in [-0.25, -0.2) is 4.90 Å². The topological polar surface area (TPSA) is 66.5 Å². The van der Waals surface area contributed by atoms with Gasteiger partial charge in [-0.1, -0.05) is 18.2 Å². The van der Waals surface area contributed by atoms with Gasteiger partial charge in [0.15, 0.2) is 0 Å². The maximum absolute atomic E-state index is 12.6. The van der Waals surface area contributed by atoms with Gasteiger partial charge < -0.3 is 5.32 Å². The molecule has 128 valence electrons. The first kappa shape index (κ1) is 16.7. The number of carbonyl (C=O) groups excluding carboxylic acids is 3. The Morgan fingerprint density at radius 2 is 1.65 bits per heavy atom. The molecule has 1 aliphatic heterocycles. The van der Waals surface area contributed by atoms with Crippen molar-refractivity contribution in [2.75, 3.05) is 10.2 Å². The fourth-order valence-electron chi connectivity index (χ4n) is 2.79. The third-order valence-corrected chi connectivity index (χ3v) is 5.82. The molecule has 5 nitrogen and oxygen atoms in total. The molecule has 0 fully saturated rings. The summed E-state index contributed by atoms with van der Waals surface area (Å²) in [5.41, 5.74) is 1.69. The van der Waals surface area contributed by atoms with Crippen LogP contribution >= 0.6 is 27.3 Å². The zero-order valence-corrected chi connectivity index (χ0v) is 15.6. The Hall–Kier alpha value is -2.77. The molecule has 26 heavy (non-hydrogen) atoms. The highest BCUT2D eigenvalue weighted by atomic mass is 79.9. The molecule has 3 aromatic rings. The zero-order valence-electron chi connectivity index (χ0n) is 13.2. The second kappa shape index (κ2) is 6.51. The lowest BCUT2D eigenvalue weighted by atomic mass is 10.1. The van der Waals surface area contributed by atoms with E-state index in [0.717, 1.165) is 9.37 Å². The molecular weight excluding hydrogens is 416 g/mol. The van der Waals surface area contributed by atoms with Crippen LogP contribution in [0.1, 0.15) is 30.4 Å². The molecule has 7 heteroatoms. The first-order valence-corrected chi connectivity index (χ1v) is 9.36. The molecule has 0 saturated heterocycles. The van der Waals surface area contributed by atoms with E-state index < -0.39 is 0 Å². The van der Waals surface area contributed by atoms with Gasteiger partial charge in [0.05, 0.1) is 16.8 Å². The number of halogens is 1. The van der Waals surface area contributed by atoms with Crippen molar-refractivity contribution in [1.82, 2.24) is 0 Å². The molecule has 0 unspecified atom stereocenters. The molecule has 1 N–H and O–H groups in total. The predicted molar refractivity (Wildman–Crippen MR) is 104 cm³/mol. The predicted octanol–water partition coefficient (Wildman–Crippen LogP) is 4.56. The smallest absolute Gasteiger partial charge is 0.266 e. The Balaban J connectivity index is 1.63. The summed E-state index contributed by atoms with van der Waals surface area (Å²) >= 11 is 4.65. The van der Waals surface area contributed by atoms with E-state index in [1.54, 1.807) is 54.6 Å². The fourth-order valence-corrected chi connectivity index (χ4v) is 4.24. The normalized spacial score (nSPS) is 13.0. The number of anilines is 2. The second-order valence-electron chi connectivity index (χ2n) is 5.59. The third-order valence-electron chi connectivity index (χ3n) is 3.98. The summed E-state index contributed by atoms with van der Waals surface area (Å²) in [6.45, 7) is 0. The minimum Gasteiger partial charge on any atom is -0.321 e. The minimum atomic E-state index is -0.366. The minimum absolute atomic E-state index is 0.258. The molecule has 2 heterocycles. The van der Waals surface area contributed by atoms with Gasteiger partial charge in [0.25, 0.3) is 17.7 Å². The number of nitrogens with zero attached hydrogens (tertiary/aromatic N) is 1. The van der Waals surface area contributed by atoms with Crippen molar-refractivity contribution in [3.63, 3.8) is 0 Å². The van der Waals surface area contributed by atoms with Crippen LogP contribution in [0.5, 0.6) is 0 Å². The number of thiophene rings is 1. The van der Waals surface area contributed by atoms with Crippen molar-refractivity contribution >= 4 is 56.4 Å². The lowest BCUT2D eigenvalue weighted by molar-refractivity contribution is 0.0925. The van der Waals surface area contributed by atoms with Crippen LogP contribution in [-0.4, -0.2) is 17.7 Å². The average molecular weight is 427 g/mol. The number of imide groups is 1. The summed E-state index contributed by atoms with van der Waals surface area (Å²) in [6, 6.07) is 15.2. The summed E-state index contributed by atoms with van der Waals surface area (Å²) in [7, 11) is 0. The van der Waals surface area contributed by atoms with Crippen LogP contribution in [0, 0.1) is 0 Å². The Bertz CT molecular complexity index is 1030. The SMILES string of the molecule is O=C(Nc1cccc(N2C(=O)c3ccccc3C2=O)c1)c1sccc1Br. The van der Waals surface area contributed by atoms with Gasteiger partial charge in [0.2, 0.25) is 0 Å². The van der Waals surface area contributed by atoms with Crippen molar-refractivity contribution in [3.8, 4) is 0 Å². The van der Waals surface area contributed by atoms with Crippen molar-refractivity contribution in [3.05, 3.63) is 80.5 Å². The lowest BCUT2D eigenvalue weighted by Crippen LogP contribution is -2.29. The highest BCUT2D eigenvalue weighted by molar-refractivity contribution is 9.10. The quantitative estimate of drug-likeness (QED) is 0.623. The second-order valence-corrected chi connectivity index (χ2v) is 7.36. The van der Waals surface area contributed by atoms with Crippen LogP contribution in [0.15, 0.2) is 64.5 Å². The van der Waals surface area contributed by atoms with Crippen molar-refractivity contribution in [1.29, 1.82) is 0 Å². The summed E-state index contributed by atoms with van der Waals surface area (Å²) in [6.07, 6.45) is 0. The largest absolute Gasteiger partial charge is 0.321 e. The van der Waals surface area contributed by atoms with E-state index in [1.807, 2.05) is 5.38 Å². The molecule has 0 aliphatic carbocycles. The number of hydrogen-bond donors (Lipinski definition) is 1. The summed E-state index contributed by atoms with van der Waals surface area (Å²) < 4.78 is 0.719. The maximum Gasteiger partial charge on any atom is 0.266 e. The number of fused-ring (bicyclic) bond motifs is 1. The van der Waals surface area contributed by atoms with Crippen molar-refractivity contribution in [2.45, 2.75) is 0 Å². The van der Waals surface area contributed by atoms with Crippen molar-refractivity contribution in [2.24, 2.45) is 0 Å². The molecule has 0 saturated carbocycles. The summed E-state index contributed by atoms with van der Waals surface area (Å²) in [4.78, 5) is 39.2. The fraction of sp³-hybridized carbons (Fsp3) is 0. The van der Waals surface area contributed by atoms with Gasteiger partial charge in [-0.2, -0.15) is 0 Å². The van der Waals surface area contributed by atoms with E-state index in [9.17, 15) is 14.4 Å². The van der Waals surface area contributed by atoms with Gasteiger partial charge in [-0.15, -0.1) is 11.3 Å². The van der Waals surface area contributed by atoms with Crippen molar-refractivity contribution < 1.29 is 14.4 Å². The first-order chi connectivity index (χ1) is 12.6. The van der Waals surface area contributed by atoms with Crippen LogP contribution in [0.2, 0.25) is 0 Å². The van der Waals surface area contributed by atoms with Gasteiger partial charge in [-0.05, 0) is 57.7 Å². The Morgan fingerprint density at radius 3 is 2.27 bits per heavy atom. The standard InChI is InChI=1S/C19H11BrN2O3S/c20-15-8-9-26-16(15)17(23)21-11-4-3-5-12(10-11)22-18(24)13-6-1-2-7-14(13)19(22)25/h1-10H,(H,21,23). The molecule has 3 amide bonds. The molecule has 0 atom stereocenters. The number of rotatable bonds is 3. The Kier molecular flexibility index (Phi) is 4.18. The number of nitrogens with one attached hydrogen (secondary N) is 1. The molecule has 0 spiro atoms. The van der Waals surface area contributed by atoms with Crippen LogP contribution in [-0.2, 0) is 0 Å². The first-order valence-electron chi connectivity index (χ1n) is 7.68. The average Bonchev–Trinajstić information content (AvgIpc) is 3.18. The van der Waals surface area contributed by atoms with Gasteiger partial charge >= 0.3 is 0 Å². The van der Waals surface area contributed by atoms with Crippen LogP contribution in [0.25, 0.3) is 0 Å². The third kappa shape index (κ3) is 2.75. The van der Waals surface area contributed by atoms with Crippen LogP contribution < -0.4 is 10.2 Å². The van der Waals surface area contributed by atoms with E-state index in [0.29, 0.717) is 27.4 Å². The van der Waals surface area contributed by atoms with E-state index in [1.165, 1.54) is 11.3 Å². The molecule has 1 aromatic heterocycles. The van der Waals surface area contributed by atoms with Gasteiger partial charge in [0, 0.05) is 10.2 Å². The molecule has 2 aromatic carbocycles. The molecule has 0 bridgehead atoms. The van der Waals surface area contributed by atoms with E-state index in [2.05, 4.69) is 21.2 Å². The Labute approximate surface area is 161 Å². The lowest BCUT2D eigenvalue weighted by Gasteiger charge is -2.15. The van der Waals surface area contributed by atoms with Crippen LogP contribution in [0.4, 0.5) is 11.4 Å².